The SMILES string of the molecule is C=CC(=O)OCC(C)(COC(=O)C=C)NCOCCCCCCOC(=O)C(F)(C(F)(F)F)C(C)(CC)OC(F)(F)C(F)(C(F)(F)F)C(C)(O)CC. The van der Waals surface area contributed by atoms with E-state index in [0.717, 1.165) is 12.2 Å². The fourth-order valence-corrected chi connectivity index (χ4v) is 4.34. The lowest BCUT2D eigenvalue weighted by atomic mass is 9.79. The Morgan fingerprint density at radius 3 is 1.57 bits per heavy atom. The molecule has 51 heavy (non-hydrogen) atoms. The maximum absolute atomic E-state index is 15.8. The highest BCUT2D eigenvalue weighted by Gasteiger charge is 2.83. The number of hydrogen-bond donors (Lipinski definition) is 2. The van der Waals surface area contributed by atoms with Crippen molar-refractivity contribution in [2.24, 2.45) is 0 Å². The first-order valence-corrected chi connectivity index (χ1v) is 15.5. The number of aliphatic hydroxyl groups is 1. The number of alkyl halides is 10. The summed E-state index contributed by atoms with van der Waals surface area (Å²) in [6, 6.07) is 0. The van der Waals surface area contributed by atoms with E-state index in [9.17, 15) is 45.8 Å². The Morgan fingerprint density at radius 2 is 1.18 bits per heavy atom. The van der Waals surface area contributed by atoms with E-state index in [4.69, 9.17) is 14.2 Å². The molecule has 0 spiro atoms. The molecule has 0 aromatic rings. The van der Waals surface area contributed by atoms with E-state index in [1.54, 1.807) is 6.92 Å². The standard InChI is InChI=1S/C31H45F10NO9/c1-8-21(43)49-18-24(5,19-50-22(44)9-2)42-20-47-16-14-12-13-15-17-48-23(45)27(32,29(34,35)36)26(7,11-4)51-31(40,41)28(33,30(37,38)39)25(6,46)10-3/h8-9,42,46H,1-2,10-20H2,3-7H3. The Morgan fingerprint density at radius 1 is 0.706 bits per heavy atom. The molecule has 0 rings (SSSR count). The normalized spacial score (nSPS) is 17.6. The van der Waals surface area contributed by atoms with E-state index in [1.165, 1.54) is 0 Å². The van der Waals surface area contributed by atoms with Gasteiger partial charge in [-0.2, -0.15) is 35.1 Å². The average molecular weight is 766 g/mol. The second kappa shape index (κ2) is 18.7. The van der Waals surface area contributed by atoms with Gasteiger partial charge in [0.15, 0.2) is 0 Å². The minimum atomic E-state index is -6.64. The molecule has 20 heteroatoms. The third kappa shape index (κ3) is 11.8. The largest absolute Gasteiger partial charge is 0.463 e. The molecule has 0 saturated carbocycles. The minimum Gasteiger partial charge on any atom is -0.463 e. The number of halogens is 10. The third-order valence-electron chi connectivity index (χ3n) is 8.07. The molecule has 0 aliphatic heterocycles. The summed E-state index contributed by atoms with van der Waals surface area (Å²) in [7, 11) is 0. The van der Waals surface area contributed by atoms with Crippen molar-refractivity contribution in [1.29, 1.82) is 0 Å². The third-order valence-corrected chi connectivity index (χ3v) is 8.07. The van der Waals surface area contributed by atoms with Crippen molar-refractivity contribution in [2.75, 3.05) is 33.2 Å². The zero-order valence-electron chi connectivity index (χ0n) is 28.8. The van der Waals surface area contributed by atoms with Crippen LogP contribution in [-0.2, 0) is 38.1 Å². The van der Waals surface area contributed by atoms with Gasteiger partial charge in [0.2, 0.25) is 0 Å². The molecule has 4 atom stereocenters. The number of nitrogens with one attached hydrogen (secondary N) is 1. The first-order valence-electron chi connectivity index (χ1n) is 15.5. The van der Waals surface area contributed by atoms with Gasteiger partial charge in [-0.25, -0.2) is 23.2 Å². The van der Waals surface area contributed by atoms with E-state index < -0.39 is 83.9 Å². The Kier molecular flexibility index (Phi) is 17.6. The van der Waals surface area contributed by atoms with Crippen molar-refractivity contribution >= 4 is 17.9 Å². The van der Waals surface area contributed by atoms with Crippen LogP contribution in [0, 0.1) is 0 Å². The summed E-state index contributed by atoms with van der Waals surface area (Å²) in [6.45, 7) is 7.85. The van der Waals surface area contributed by atoms with Gasteiger partial charge < -0.3 is 28.8 Å². The maximum Gasteiger partial charge on any atom is 0.436 e. The van der Waals surface area contributed by atoms with Crippen molar-refractivity contribution in [3.05, 3.63) is 25.3 Å². The Balaban J connectivity index is 5.38. The monoisotopic (exact) mass is 765 g/mol. The van der Waals surface area contributed by atoms with E-state index in [0.29, 0.717) is 26.7 Å². The van der Waals surface area contributed by atoms with E-state index in [2.05, 4.69) is 27.9 Å². The van der Waals surface area contributed by atoms with Crippen LogP contribution in [0.15, 0.2) is 25.3 Å². The Hall–Kier alpha value is -2.97. The molecule has 10 nitrogen and oxygen atoms in total. The van der Waals surface area contributed by atoms with Gasteiger partial charge >= 0.3 is 47.7 Å². The second-order valence-corrected chi connectivity index (χ2v) is 12.1. The molecular formula is C31H45F10NO9. The van der Waals surface area contributed by atoms with Gasteiger partial charge in [-0.3, -0.25) is 5.32 Å². The van der Waals surface area contributed by atoms with Gasteiger partial charge in [-0.05, 0) is 52.9 Å². The molecule has 0 aliphatic rings. The molecule has 0 aromatic carbocycles. The maximum atomic E-state index is 15.8. The highest BCUT2D eigenvalue weighted by atomic mass is 19.4. The summed E-state index contributed by atoms with van der Waals surface area (Å²) < 4.78 is 167. The summed E-state index contributed by atoms with van der Waals surface area (Å²) in [6.07, 6.45) is -19.8. The molecule has 2 N–H and O–H groups in total. The van der Waals surface area contributed by atoms with Crippen LogP contribution in [0.1, 0.15) is 73.1 Å². The van der Waals surface area contributed by atoms with Crippen LogP contribution in [0.25, 0.3) is 0 Å². The number of hydrogen-bond acceptors (Lipinski definition) is 10. The molecule has 0 heterocycles. The molecule has 0 bridgehead atoms. The van der Waals surface area contributed by atoms with Crippen molar-refractivity contribution in [1.82, 2.24) is 5.32 Å². The van der Waals surface area contributed by atoms with Crippen molar-refractivity contribution in [3.8, 4) is 0 Å². The van der Waals surface area contributed by atoms with Crippen LogP contribution in [0.4, 0.5) is 43.9 Å². The number of ether oxygens (including phenoxy) is 5. The van der Waals surface area contributed by atoms with E-state index in [1.807, 2.05) is 0 Å². The van der Waals surface area contributed by atoms with Gasteiger partial charge in [-0.15, -0.1) is 0 Å². The zero-order valence-corrected chi connectivity index (χ0v) is 28.8. The first kappa shape index (κ1) is 48.0. The molecule has 0 radical (unpaired) electrons. The molecule has 0 aromatic heterocycles. The number of carbonyl (C=O) groups is 3. The Labute approximate surface area is 288 Å². The van der Waals surface area contributed by atoms with Crippen LogP contribution >= 0.6 is 0 Å². The van der Waals surface area contributed by atoms with Crippen LogP contribution in [0.3, 0.4) is 0 Å². The first-order chi connectivity index (χ1) is 23.1. The average Bonchev–Trinajstić information content (AvgIpc) is 3.04. The molecule has 0 saturated heterocycles. The van der Waals surface area contributed by atoms with Gasteiger partial charge in [0, 0.05) is 18.8 Å². The zero-order chi connectivity index (χ0) is 40.2. The predicted molar refractivity (Wildman–Crippen MR) is 160 cm³/mol. The fraction of sp³-hybridized carbons (Fsp3) is 0.774. The highest BCUT2D eigenvalue weighted by Crippen LogP contribution is 2.57. The summed E-state index contributed by atoms with van der Waals surface area (Å²) in [5, 5.41) is 12.8. The minimum absolute atomic E-state index is 0.000814. The molecular weight excluding hydrogens is 720 g/mol. The highest BCUT2D eigenvalue weighted by molar-refractivity contribution is 5.83. The van der Waals surface area contributed by atoms with Crippen LogP contribution in [-0.4, -0.2) is 103 Å². The number of carbonyl (C=O) groups excluding carboxylic acids is 3. The van der Waals surface area contributed by atoms with Crippen molar-refractivity contribution < 1.29 is 87.1 Å². The molecule has 4 unspecified atom stereocenters. The van der Waals surface area contributed by atoms with Crippen LogP contribution in [0.2, 0.25) is 0 Å². The lowest BCUT2D eigenvalue weighted by Gasteiger charge is -2.48. The van der Waals surface area contributed by atoms with Gasteiger partial charge in [0.05, 0.1) is 18.9 Å². The number of rotatable bonds is 24. The predicted octanol–water partition coefficient (Wildman–Crippen LogP) is 6.35. The lowest BCUT2D eigenvalue weighted by Crippen LogP contribution is -2.73. The number of unbranched alkanes of at least 4 members (excludes halogenated alkanes) is 3. The topological polar surface area (TPSA) is 130 Å². The lowest BCUT2D eigenvalue weighted by molar-refractivity contribution is -0.448. The van der Waals surface area contributed by atoms with Crippen LogP contribution < -0.4 is 5.32 Å². The smallest absolute Gasteiger partial charge is 0.436 e. The molecule has 298 valence electrons. The Bertz CT molecular complexity index is 1160. The van der Waals surface area contributed by atoms with Gasteiger partial charge in [0.1, 0.15) is 24.4 Å². The van der Waals surface area contributed by atoms with Gasteiger partial charge in [-0.1, -0.05) is 33.4 Å². The molecule has 0 fully saturated rings. The number of esters is 3. The van der Waals surface area contributed by atoms with E-state index in [-0.39, 0.29) is 53.2 Å². The van der Waals surface area contributed by atoms with Crippen molar-refractivity contribution in [2.45, 2.75) is 120 Å². The van der Waals surface area contributed by atoms with E-state index >= 15 is 17.6 Å². The van der Waals surface area contributed by atoms with Gasteiger partial charge in [0.25, 0.3) is 0 Å². The summed E-state index contributed by atoms with van der Waals surface area (Å²) >= 11 is 0. The van der Waals surface area contributed by atoms with Crippen LogP contribution in [0.5, 0.6) is 0 Å². The summed E-state index contributed by atoms with van der Waals surface area (Å²) in [5.74, 6) is -4.29. The molecule has 0 aliphatic carbocycles. The quantitative estimate of drug-likeness (QED) is 0.0287. The summed E-state index contributed by atoms with van der Waals surface area (Å²) in [4.78, 5) is 35.3. The molecule has 0 amide bonds. The summed E-state index contributed by atoms with van der Waals surface area (Å²) in [5.41, 5.74) is -20.8. The fourth-order valence-electron chi connectivity index (χ4n) is 4.34. The second-order valence-electron chi connectivity index (χ2n) is 12.1. The van der Waals surface area contributed by atoms with Crippen molar-refractivity contribution in [3.63, 3.8) is 0 Å².